The molecule has 2 N–H and O–H groups in total. The molecule has 0 heterocycles. The lowest BCUT2D eigenvalue weighted by molar-refractivity contribution is 0.181. The fourth-order valence-electron chi connectivity index (χ4n) is 1.43. The van der Waals surface area contributed by atoms with Crippen LogP contribution in [0.15, 0.2) is 18.2 Å². The summed E-state index contributed by atoms with van der Waals surface area (Å²) in [4.78, 5) is 0. The van der Waals surface area contributed by atoms with E-state index in [1.54, 1.807) is 19.1 Å². The van der Waals surface area contributed by atoms with Gasteiger partial charge in [0.15, 0.2) is 0 Å². The summed E-state index contributed by atoms with van der Waals surface area (Å²) in [7, 11) is 0. The molecule has 2 nitrogen and oxygen atoms in total. The Balaban J connectivity index is 2.29. The van der Waals surface area contributed by atoms with Crippen molar-refractivity contribution < 1.29 is 9.50 Å². The summed E-state index contributed by atoms with van der Waals surface area (Å²) in [6.45, 7) is 2.99. The highest BCUT2D eigenvalue weighted by atomic mass is 35.5. The van der Waals surface area contributed by atoms with Gasteiger partial charge in [-0.25, -0.2) is 4.39 Å². The van der Waals surface area contributed by atoms with E-state index in [9.17, 15) is 4.39 Å². The highest BCUT2D eigenvalue weighted by molar-refractivity contribution is 6.30. The summed E-state index contributed by atoms with van der Waals surface area (Å²) in [5.41, 5.74) is 0.574. The standard InChI is InChI=1S/C12H17ClFNO/c1-9(16)4-3-7-15-8-10-5-2-6-11(13)12(10)14/h2,5-6,9,15-16H,3-4,7-8H2,1H3. The van der Waals surface area contributed by atoms with Crippen LogP contribution in [0.4, 0.5) is 4.39 Å². The van der Waals surface area contributed by atoms with Gasteiger partial charge in [0, 0.05) is 12.1 Å². The van der Waals surface area contributed by atoms with Crippen LogP contribution in [0.5, 0.6) is 0 Å². The molecule has 90 valence electrons. The molecule has 0 saturated carbocycles. The molecule has 0 aromatic heterocycles. The second-order valence-electron chi connectivity index (χ2n) is 3.88. The largest absolute Gasteiger partial charge is 0.393 e. The molecule has 1 unspecified atom stereocenters. The maximum atomic E-state index is 13.4. The zero-order valence-corrected chi connectivity index (χ0v) is 10.1. The van der Waals surface area contributed by atoms with Crippen LogP contribution >= 0.6 is 11.6 Å². The molecule has 16 heavy (non-hydrogen) atoms. The monoisotopic (exact) mass is 245 g/mol. The molecular formula is C12H17ClFNO. The minimum Gasteiger partial charge on any atom is -0.393 e. The maximum absolute atomic E-state index is 13.4. The number of aliphatic hydroxyl groups excluding tert-OH is 1. The molecule has 1 rings (SSSR count). The third-order valence-corrected chi connectivity index (χ3v) is 2.61. The molecule has 0 aliphatic heterocycles. The number of hydrogen-bond donors (Lipinski definition) is 2. The molecule has 1 aromatic rings. The van der Waals surface area contributed by atoms with Crippen molar-refractivity contribution in [3.8, 4) is 0 Å². The van der Waals surface area contributed by atoms with Crippen LogP contribution in [-0.2, 0) is 6.54 Å². The Hall–Kier alpha value is -0.640. The molecule has 1 aromatic carbocycles. The zero-order valence-electron chi connectivity index (χ0n) is 9.34. The summed E-state index contributed by atoms with van der Waals surface area (Å²) in [6, 6.07) is 4.98. The van der Waals surface area contributed by atoms with Crippen molar-refractivity contribution in [2.45, 2.75) is 32.4 Å². The first kappa shape index (κ1) is 13.4. The fraction of sp³-hybridized carbons (Fsp3) is 0.500. The lowest BCUT2D eigenvalue weighted by Gasteiger charge is -2.07. The number of halogens is 2. The molecule has 0 saturated heterocycles. The molecule has 0 aliphatic rings. The highest BCUT2D eigenvalue weighted by Gasteiger charge is 2.05. The van der Waals surface area contributed by atoms with Crippen molar-refractivity contribution in [3.05, 3.63) is 34.6 Å². The van der Waals surface area contributed by atoms with E-state index in [0.29, 0.717) is 12.1 Å². The SMILES string of the molecule is CC(O)CCCNCc1cccc(Cl)c1F. The van der Waals surface area contributed by atoms with Gasteiger partial charge in [-0.1, -0.05) is 23.7 Å². The average Bonchev–Trinajstić information content (AvgIpc) is 2.23. The van der Waals surface area contributed by atoms with E-state index in [0.717, 1.165) is 19.4 Å². The Bertz CT molecular complexity index is 331. The second kappa shape index (κ2) is 6.84. The van der Waals surface area contributed by atoms with Gasteiger partial charge in [-0.15, -0.1) is 0 Å². The third kappa shape index (κ3) is 4.47. The van der Waals surface area contributed by atoms with Crippen molar-refractivity contribution in [1.82, 2.24) is 5.32 Å². The first-order valence-corrected chi connectivity index (χ1v) is 5.80. The van der Waals surface area contributed by atoms with Crippen LogP contribution in [-0.4, -0.2) is 17.8 Å². The first-order valence-electron chi connectivity index (χ1n) is 5.43. The van der Waals surface area contributed by atoms with E-state index in [2.05, 4.69) is 5.32 Å². The van der Waals surface area contributed by atoms with Gasteiger partial charge in [0.05, 0.1) is 11.1 Å². The summed E-state index contributed by atoms with van der Waals surface area (Å²) >= 11 is 5.66. The quantitative estimate of drug-likeness (QED) is 0.756. The van der Waals surface area contributed by atoms with Gasteiger partial charge in [0.2, 0.25) is 0 Å². The molecule has 4 heteroatoms. The Kier molecular flexibility index (Phi) is 5.74. The normalized spacial score (nSPS) is 12.8. The van der Waals surface area contributed by atoms with E-state index in [1.807, 2.05) is 0 Å². The predicted octanol–water partition coefficient (Wildman–Crippen LogP) is 2.73. The van der Waals surface area contributed by atoms with Gasteiger partial charge in [0.25, 0.3) is 0 Å². The van der Waals surface area contributed by atoms with Crippen LogP contribution in [0.3, 0.4) is 0 Å². The minimum absolute atomic E-state index is 0.156. The molecular weight excluding hydrogens is 229 g/mol. The van der Waals surface area contributed by atoms with E-state index in [-0.39, 0.29) is 16.9 Å². The molecule has 0 aliphatic carbocycles. The van der Waals surface area contributed by atoms with Gasteiger partial charge in [-0.2, -0.15) is 0 Å². The maximum Gasteiger partial charge on any atom is 0.146 e. The molecule has 0 radical (unpaired) electrons. The van der Waals surface area contributed by atoms with Gasteiger partial charge in [0.1, 0.15) is 5.82 Å². The number of rotatable bonds is 6. The van der Waals surface area contributed by atoms with Gasteiger partial charge in [-0.05, 0) is 32.4 Å². The van der Waals surface area contributed by atoms with Crippen LogP contribution in [0.2, 0.25) is 5.02 Å². The topological polar surface area (TPSA) is 32.3 Å². The van der Waals surface area contributed by atoms with Crippen molar-refractivity contribution in [2.24, 2.45) is 0 Å². The lowest BCUT2D eigenvalue weighted by atomic mass is 10.2. The Morgan fingerprint density at radius 2 is 2.25 bits per heavy atom. The first-order chi connectivity index (χ1) is 7.61. The number of benzene rings is 1. The molecule has 0 amide bonds. The fourth-order valence-corrected chi connectivity index (χ4v) is 1.62. The molecule has 0 bridgehead atoms. The summed E-state index contributed by atoms with van der Waals surface area (Å²) in [6.07, 6.45) is 1.36. The van der Waals surface area contributed by atoms with Crippen LogP contribution < -0.4 is 5.32 Å². The zero-order chi connectivity index (χ0) is 12.0. The van der Waals surface area contributed by atoms with Gasteiger partial charge >= 0.3 is 0 Å². The Morgan fingerprint density at radius 1 is 1.50 bits per heavy atom. The minimum atomic E-state index is -0.354. The van der Waals surface area contributed by atoms with Crippen LogP contribution in [0.1, 0.15) is 25.3 Å². The van der Waals surface area contributed by atoms with Crippen molar-refractivity contribution >= 4 is 11.6 Å². The van der Waals surface area contributed by atoms with E-state index in [4.69, 9.17) is 16.7 Å². The van der Waals surface area contributed by atoms with E-state index < -0.39 is 0 Å². The average molecular weight is 246 g/mol. The Labute approximate surface area is 100 Å². The van der Waals surface area contributed by atoms with Crippen molar-refractivity contribution in [3.63, 3.8) is 0 Å². The van der Waals surface area contributed by atoms with Crippen LogP contribution in [0.25, 0.3) is 0 Å². The van der Waals surface area contributed by atoms with Gasteiger partial charge in [-0.3, -0.25) is 0 Å². The number of aliphatic hydroxyl groups is 1. The predicted molar refractivity (Wildman–Crippen MR) is 64.0 cm³/mol. The summed E-state index contributed by atoms with van der Waals surface area (Å²) in [5.74, 6) is -0.354. The second-order valence-corrected chi connectivity index (χ2v) is 4.29. The smallest absolute Gasteiger partial charge is 0.146 e. The number of nitrogens with one attached hydrogen (secondary N) is 1. The Morgan fingerprint density at radius 3 is 2.94 bits per heavy atom. The van der Waals surface area contributed by atoms with Crippen LogP contribution in [0, 0.1) is 5.82 Å². The molecule has 1 atom stereocenters. The van der Waals surface area contributed by atoms with Crippen molar-refractivity contribution in [2.75, 3.05) is 6.54 Å². The summed E-state index contributed by atoms with van der Waals surface area (Å²) in [5, 5.41) is 12.3. The number of hydrogen-bond acceptors (Lipinski definition) is 2. The van der Waals surface area contributed by atoms with Crippen molar-refractivity contribution in [1.29, 1.82) is 0 Å². The third-order valence-electron chi connectivity index (χ3n) is 2.32. The molecule has 0 spiro atoms. The van der Waals surface area contributed by atoms with Gasteiger partial charge < -0.3 is 10.4 Å². The summed E-state index contributed by atoms with van der Waals surface area (Å²) < 4.78 is 13.4. The van der Waals surface area contributed by atoms with E-state index in [1.165, 1.54) is 6.07 Å². The highest BCUT2D eigenvalue weighted by Crippen LogP contribution is 2.17. The van der Waals surface area contributed by atoms with E-state index >= 15 is 0 Å². The lowest BCUT2D eigenvalue weighted by Crippen LogP contribution is -2.17. The molecule has 0 fully saturated rings.